The molecule has 3 nitrogen and oxygen atoms in total. The maximum absolute atomic E-state index is 10.6. The van der Waals surface area contributed by atoms with E-state index in [2.05, 4.69) is 6.92 Å². The molecule has 0 aromatic heterocycles. The van der Waals surface area contributed by atoms with Crippen molar-refractivity contribution in [2.75, 3.05) is 14.2 Å². The fourth-order valence-corrected chi connectivity index (χ4v) is 2.94. The van der Waals surface area contributed by atoms with Crippen LogP contribution in [-0.2, 0) is 0 Å². The van der Waals surface area contributed by atoms with Crippen molar-refractivity contribution in [2.45, 2.75) is 32.3 Å². The number of methoxy groups -OCH3 is 2. The standard InChI is InChI=1S/C15H22O3/c1-10-5-4-6-12(10)15(16)13-9-11(17-2)7-8-14(13)18-3/h7-10,12,15-16H,4-6H2,1-3H3. The van der Waals surface area contributed by atoms with Crippen LogP contribution in [0.1, 0.15) is 37.9 Å². The lowest BCUT2D eigenvalue weighted by atomic mass is 9.87. The molecule has 1 fully saturated rings. The van der Waals surface area contributed by atoms with Crippen molar-refractivity contribution >= 4 is 0 Å². The molecule has 0 bridgehead atoms. The molecule has 1 aromatic carbocycles. The third-order valence-electron chi connectivity index (χ3n) is 4.09. The zero-order chi connectivity index (χ0) is 13.1. The summed E-state index contributed by atoms with van der Waals surface area (Å²) in [6, 6.07) is 5.60. The van der Waals surface area contributed by atoms with Gasteiger partial charge in [-0.25, -0.2) is 0 Å². The van der Waals surface area contributed by atoms with E-state index in [0.29, 0.717) is 11.8 Å². The summed E-state index contributed by atoms with van der Waals surface area (Å²) in [6.07, 6.45) is 3.03. The second-order valence-electron chi connectivity index (χ2n) is 5.12. The van der Waals surface area contributed by atoms with E-state index < -0.39 is 6.10 Å². The summed E-state index contributed by atoms with van der Waals surface area (Å²) in [6.45, 7) is 2.22. The largest absolute Gasteiger partial charge is 0.497 e. The van der Waals surface area contributed by atoms with Gasteiger partial charge in [-0.1, -0.05) is 19.8 Å². The minimum atomic E-state index is -0.465. The molecule has 18 heavy (non-hydrogen) atoms. The molecule has 3 heteroatoms. The first-order valence-corrected chi connectivity index (χ1v) is 6.57. The lowest BCUT2D eigenvalue weighted by Gasteiger charge is -2.24. The monoisotopic (exact) mass is 250 g/mol. The Morgan fingerprint density at radius 3 is 2.56 bits per heavy atom. The maximum Gasteiger partial charge on any atom is 0.124 e. The number of aliphatic hydroxyl groups excluding tert-OH is 1. The Labute approximate surface area is 109 Å². The highest BCUT2D eigenvalue weighted by Gasteiger charge is 2.32. The molecule has 0 amide bonds. The molecule has 0 radical (unpaired) electrons. The Balaban J connectivity index is 2.29. The fraction of sp³-hybridized carbons (Fsp3) is 0.600. The van der Waals surface area contributed by atoms with Crippen molar-refractivity contribution in [2.24, 2.45) is 11.8 Å². The van der Waals surface area contributed by atoms with Crippen LogP contribution in [0.4, 0.5) is 0 Å². The maximum atomic E-state index is 10.6. The predicted octanol–water partition coefficient (Wildman–Crippen LogP) is 3.17. The lowest BCUT2D eigenvalue weighted by Crippen LogP contribution is -2.16. The number of benzene rings is 1. The first-order chi connectivity index (χ1) is 8.67. The van der Waals surface area contributed by atoms with Crippen LogP contribution < -0.4 is 9.47 Å². The molecule has 3 atom stereocenters. The number of hydrogen-bond acceptors (Lipinski definition) is 3. The zero-order valence-electron chi connectivity index (χ0n) is 11.3. The molecule has 0 aliphatic heterocycles. The third-order valence-corrected chi connectivity index (χ3v) is 4.09. The summed E-state index contributed by atoms with van der Waals surface area (Å²) >= 11 is 0. The van der Waals surface area contributed by atoms with E-state index in [4.69, 9.17) is 9.47 Å². The van der Waals surface area contributed by atoms with Crippen LogP contribution in [0.3, 0.4) is 0 Å². The SMILES string of the molecule is COc1ccc(OC)c(C(O)C2CCCC2C)c1. The normalized spacial score (nSPS) is 24.9. The van der Waals surface area contributed by atoms with Crippen LogP contribution in [-0.4, -0.2) is 19.3 Å². The molecule has 1 N–H and O–H groups in total. The van der Waals surface area contributed by atoms with Gasteiger partial charge in [-0.05, 0) is 36.5 Å². The van der Waals surface area contributed by atoms with E-state index in [9.17, 15) is 5.11 Å². The van der Waals surface area contributed by atoms with Gasteiger partial charge in [0, 0.05) is 5.56 Å². The highest BCUT2D eigenvalue weighted by molar-refractivity contribution is 5.42. The average molecular weight is 250 g/mol. The molecule has 1 aliphatic rings. The Hall–Kier alpha value is -1.22. The molecule has 2 rings (SSSR count). The van der Waals surface area contributed by atoms with Crippen molar-refractivity contribution in [3.63, 3.8) is 0 Å². The summed E-state index contributed by atoms with van der Waals surface area (Å²) in [5.41, 5.74) is 0.843. The van der Waals surface area contributed by atoms with Crippen molar-refractivity contribution < 1.29 is 14.6 Å². The summed E-state index contributed by atoms with van der Waals surface area (Å²) in [4.78, 5) is 0. The molecule has 1 saturated carbocycles. The van der Waals surface area contributed by atoms with E-state index in [1.807, 2.05) is 18.2 Å². The molecular formula is C15H22O3. The van der Waals surface area contributed by atoms with Crippen LogP contribution in [0.5, 0.6) is 11.5 Å². The van der Waals surface area contributed by atoms with Gasteiger partial charge in [0.05, 0.1) is 20.3 Å². The molecule has 0 saturated heterocycles. The average Bonchev–Trinajstić information content (AvgIpc) is 2.83. The van der Waals surface area contributed by atoms with Gasteiger partial charge in [0.1, 0.15) is 11.5 Å². The molecule has 100 valence electrons. The third kappa shape index (κ3) is 2.46. The Morgan fingerprint density at radius 1 is 1.22 bits per heavy atom. The molecule has 1 aromatic rings. The highest BCUT2D eigenvalue weighted by atomic mass is 16.5. The Kier molecular flexibility index (Phi) is 4.12. The highest BCUT2D eigenvalue weighted by Crippen LogP contribution is 2.43. The minimum absolute atomic E-state index is 0.325. The molecule has 0 heterocycles. The summed E-state index contributed by atoms with van der Waals surface area (Å²) < 4.78 is 10.6. The van der Waals surface area contributed by atoms with Crippen LogP contribution >= 0.6 is 0 Å². The van der Waals surface area contributed by atoms with Gasteiger partial charge in [-0.3, -0.25) is 0 Å². The van der Waals surface area contributed by atoms with E-state index in [0.717, 1.165) is 23.5 Å². The van der Waals surface area contributed by atoms with Gasteiger partial charge in [-0.15, -0.1) is 0 Å². The first-order valence-electron chi connectivity index (χ1n) is 6.57. The summed E-state index contributed by atoms with van der Waals surface area (Å²) in [5, 5.41) is 10.6. The van der Waals surface area contributed by atoms with Gasteiger partial charge in [-0.2, -0.15) is 0 Å². The quantitative estimate of drug-likeness (QED) is 0.892. The van der Waals surface area contributed by atoms with Crippen LogP contribution in [0.2, 0.25) is 0 Å². The zero-order valence-corrected chi connectivity index (χ0v) is 11.3. The van der Waals surface area contributed by atoms with Crippen LogP contribution in [0.25, 0.3) is 0 Å². The number of ether oxygens (including phenoxy) is 2. The van der Waals surface area contributed by atoms with Crippen LogP contribution in [0, 0.1) is 11.8 Å². The van der Waals surface area contributed by atoms with Gasteiger partial charge in [0.2, 0.25) is 0 Å². The Bertz CT molecular complexity index is 403. The van der Waals surface area contributed by atoms with Crippen molar-refractivity contribution in [1.29, 1.82) is 0 Å². The number of hydrogen-bond donors (Lipinski definition) is 1. The van der Waals surface area contributed by atoms with Crippen molar-refractivity contribution in [1.82, 2.24) is 0 Å². The predicted molar refractivity (Wildman–Crippen MR) is 71.0 cm³/mol. The lowest BCUT2D eigenvalue weighted by molar-refractivity contribution is 0.0873. The number of aliphatic hydroxyl groups is 1. The number of rotatable bonds is 4. The summed E-state index contributed by atoms with van der Waals surface area (Å²) in [5.74, 6) is 2.39. The van der Waals surface area contributed by atoms with E-state index in [1.54, 1.807) is 14.2 Å². The van der Waals surface area contributed by atoms with Gasteiger partial charge >= 0.3 is 0 Å². The van der Waals surface area contributed by atoms with E-state index in [-0.39, 0.29) is 0 Å². The molecule has 3 unspecified atom stereocenters. The second-order valence-corrected chi connectivity index (χ2v) is 5.12. The van der Waals surface area contributed by atoms with Gasteiger partial charge < -0.3 is 14.6 Å². The molecular weight excluding hydrogens is 228 g/mol. The van der Waals surface area contributed by atoms with Gasteiger partial charge in [0.15, 0.2) is 0 Å². The smallest absolute Gasteiger partial charge is 0.124 e. The van der Waals surface area contributed by atoms with Crippen molar-refractivity contribution in [3.8, 4) is 11.5 Å². The summed E-state index contributed by atoms with van der Waals surface area (Å²) in [7, 11) is 3.27. The van der Waals surface area contributed by atoms with Crippen molar-refractivity contribution in [3.05, 3.63) is 23.8 Å². The second kappa shape index (κ2) is 5.61. The molecule has 1 aliphatic carbocycles. The Morgan fingerprint density at radius 2 is 2.00 bits per heavy atom. The minimum Gasteiger partial charge on any atom is -0.497 e. The van der Waals surface area contributed by atoms with E-state index in [1.165, 1.54) is 12.8 Å². The van der Waals surface area contributed by atoms with E-state index >= 15 is 0 Å². The molecule has 0 spiro atoms. The first kappa shape index (κ1) is 13.2. The topological polar surface area (TPSA) is 38.7 Å². The fourth-order valence-electron chi connectivity index (χ4n) is 2.94. The van der Waals surface area contributed by atoms with Gasteiger partial charge in [0.25, 0.3) is 0 Å². The van der Waals surface area contributed by atoms with Crippen LogP contribution in [0.15, 0.2) is 18.2 Å².